The highest BCUT2D eigenvalue weighted by molar-refractivity contribution is 5.41. The van der Waals surface area contributed by atoms with Crippen LogP contribution in [0.4, 0.5) is 5.69 Å². The van der Waals surface area contributed by atoms with Gasteiger partial charge in [-0.15, -0.1) is 0 Å². The van der Waals surface area contributed by atoms with Gasteiger partial charge < -0.3 is 10.5 Å². The molecule has 0 amide bonds. The first-order valence-corrected chi connectivity index (χ1v) is 4.55. The molecular formula is C10H14N2O. The van der Waals surface area contributed by atoms with Gasteiger partial charge in [-0.2, -0.15) is 0 Å². The van der Waals surface area contributed by atoms with Gasteiger partial charge in [0.25, 0.3) is 0 Å². The van der Waals surface area contributed by atoms with Crippen molar-refractivity contribution < 1.29 is 4.74 Å². The third-order valence-electron chi connectivity index (χ3n) is 2.57. The number of nitrogens with zero attached hydrogens (tertiary/aromatic N) is 1. The van der Waals surface area contributed by atoms with Gasteiger partial charge in [-0.25, -0.2) is 0 Å². The number of methoxy groups -OCH3 is 1. The van der Waals surface area contributed by atoms with Gasteiger partial charge in [0.2, 0.25) is 0 Å². The average molecular weight is 178 g/mol. The highest BCUT2D eigenvalue weighted by Crippen LogP contribution is 2.22. The van der Waals surface area contributed by atoms with Crippen molar-refractivity contribution in [3.05, 3.63) is 23.5 Å². The Morgan fingerprint density at radius 3 is 3.23 bits per heavy atom. The first-order chi connectivity index (χ1) is 6.29. The van der Waals surface area contributed by atoms with Crippen LogP contribution in [0.25, 0.3) is 0 Å². The summed E-state index contributed by atoms with van der Waals surface area (Å²) >= 11 is 0. The first-order valence-electron chi connectivity index (χ1n) is 4.55. The van der Waals surface area contributed by atoms with E-state index in [1.165, 1.54) is 11.3 Å². The molecule has 1 unspecified atom stereocenters. The second-order valence-corrected chi connectivity index (χ2v) is 3.47. The number of pyridine rings is 1. The van der Waals surface area contributed by atoms with Crippen molar-refractivity contribution in [3.63, 3.8) is 0 Å². The summed E-state index contributed by atoms with van der Waals surface area (Å²) < 4.78 is 5.32. The minimum Gasteiger partial charge on any atom is -0.397 e. The Hall–Kier alpha value is -1.09. The summed E-state index contributed by atoms with van der Waals surface area (Å²) in [7, 11) is 1.76. The molecule has 1 atom stereocenters. The average Bonchev–Trinajstić information content (AvgIpc) is 2.16. The fourth-order valence-corrected chi connectivity index (χ4v) is 1.81. The predicted molar refractivity (Wildman–Crippen MR) is 51.5 cm³/mol. The summed E-state index contributed by atoms with van der Waals surface area (Å²) in [6, 6.07) is 2.01. The highest BCUT2D eigenvalue weighted by atomic mass is 16.5. The standard InChI is InChI=1S/C10H14N2O/c1-13-9-2-3-10-7(5-9)4-8(11)6-12-10/h4,6,9H,2-3,5,11H2,1H3. The molecule has 0 saturated heterocycles. The molecule has 0 aliphatic heterocycles. The molecule has 3 nitrogen and oxygen atoms in total. The van der Waals surface area contributed by atoms with Crippen molar-refractivity contribution in [1.82, 2.24) is 4.98 Å². The fourth-order valence-electron chi connectivity index (χ4n) is 1.81. The Labute approximate surface area is 77.9 Å². The number of rotatable bonds is 1. The van der Waals surface area contributed by atoms with Crippen molar-refractivity contribution in [2.24, 2.45) is 0 Å². The van der Waals surface area contributed by atoms with Crippen LogP contribution in [0.5, 0.6) is 0 Å². The van der Waals surface area contributed by atoms with E-state index in [4.69, 9.17) is 10.5 Å². The van der Waals surface area contributed by atoms with E-state index in [2.05, 4.69) is 4.98 Å². The molecule has 1 aromatic heterocycles. The molecule has 0 bridgehead atoms. The third kappa shape index (κ3) is 1.65. The molecule has 1 aliphatic carbocycles. The highest BCUT2D eigenvalue weighted by Gasteiger charge is 2.18. The quantitative estimate of drug-likeness (QED) is 0.702. The first kappa shape index (κ1) is 8.51. The largest absolute Gasteiger partial charge is 0.397 e. The van der Waals surface area contributed by atoms with Crippen molar-refractivity contribution >= 4 is 5.69 Å². The number of anilines is 1. The van der Waals surface area contributed by atoms with Gasteiger partial charge >= 0.3 is 0 Å². The van der Waals surface area contributed by atoms with Crippen LogP contribution >= 0.6 is 0 Å². The Kier molecular flexibility index (Phi) is 2.19. The molecule has 1 aliphatic rings. The minimum absolute atomic E-state index is 0.344. The van der Waals surface area contributed by atoms with Crippen LogP contribution in [-0.2, 0) is 17.6 Å². The lowest BCUT2D eigenvalue weighted by atomic mass is 9.93. The van der Waals surface area contributed by atoms with E-state index >= 15 is 0 Å². The molecule has 1 heterocycles. The lowest BCUT2D eigenvalue weighted by Crippen LogP contribution is -2.22. The topological polar surface area (TPSA) is 48.1 Å². The summed E-state index contributed by atoms with van der Waals surface area (Å²) in [6.45, 7) is 0. The van der Waals surface area contributed by atoms with E-state index in [0.29, 0.717) is 6.10 Å². The molecule has 0 aromatic carbocycles. The van der Waals surface area contributed by atoms with Gasteiger partial charge in [0.05, 0.1) is 18.0 Å². The van der Waals surface area contributed by atoms with Crippen LogP contribution in [0.1, 0.15) is 17.7 Å². The zero-order valence-electron chi connectivity index (χ0n) is 7.79. The van der Waals surface area contributed by atoms with Crippen LogP contribution in [0.15, 0.2) is 12.3 Å². The number of ether oxygens (including phenoxy) is 1. The van der Waals surface area contributed by atoms with Crippen LogP contribution in [0.3, 0.4) is 0 Å². The van der Waals surface area contributed by atoms with E-state index in [0.717, 1.165) is 24.9 Å². The molecular weight excluding hydrogens is 164 g/mol. The summed E-state index contributed by atoms with van der Waals surface area (Å²) in [5, 5.41) is 0. The van der Waals surface area contributed by atoms with Gasteiger partial charge in [-0.3, -0.25) is 4.98 Å². The molecule has 13 heavy (non-hydrogen) atoms. The monoisotopic (exact) mass is 178 g/mol. The zero-order chi connectivity index (χ0) is 9.26. The van der Waals surface area contributed by atoms with E-state index in [1.54, 1.807) is 13.3 Å². The number of hydrogen-bond acceptors (Lipinski definition) is 3. The molecule has 1 aromatic rings. The van der Waals surface area contributed by atoms with Gasteiger partial charge in [-0.1, -0.05) is 0 Å². The number of nitrogens with two attached hydrogens (primary N) is 1. The Bertz CT molecular complexity index is 312. The van der Waals surface area contributed by atoms with Crippen LogP contribution in [0, 0.1) is 0 Å². The zero-order valence-corrected chi connectivity index (χ0v) is 7.79. The molecule has 0 spiro atoms. The van der Waals surface area contributed by atoms with E-state index in [9.17, 15) is 0 Å². The smallest absolute Gasteiger partial charge is 0.0616 e. The van der Waals surface area contributed by atoms with E-state index < -0.39 is 0 Å². The summed E-state index contributed by atoms with van der Waals surface area (Å²) in [4.78, 5) is 4.31. The minimum atomic E-state index is 0.344. The van der Waals surface area contributed by atoms with Crippen molar-refractivity contribution in [2.45, 2.75) is 25.4 Å². The number of aryl methyl sites for hydroxylation is 1. The fraction of sp³-hybridized carbons (Fsp3) is 0.500. The van der Waals surface area contributed by atoms with Gasteiger partial charge in [0.15, 0.2) is 0 Å². The maximum absolute atomic E-state index is 5.67. The second kappa shape index (κ2) is 3.34. The summed E-state index contributed by atoms with van der Waals surface area (Å²) in [6.07, 6.45) is 5.10. The number of aromatic nitrogens is 1. The van der Waals surface area contributed by atoms with Crippen LogP contribution < -0.4 is 5.73 Å². The van der Waals surface area contributed by atoms with Gasteiger partial charge in [0, 0.05) is 19.2 Å². The van der Waals surface area contributed by atoms with Crippen LogP contribution in [0.2, 0.25) is 0 Å². The molecule has 3 heteroatoms. The molecule has 0 fully saturated rings. The molecule has 70 valence electrons. The normalized spacial score (nSPS) is 21.2. The molecule has 2 N–H and O–H groups in total. The van der Waals surface area contributed by atoms with E-state index in [-0.39, 0.29) is 0 Å². The van der Waals surface area contributed by atoms with Crippen molar-refractivity contribution in [2.75, 3.05) is 12.8 Å². The summed E-state index contributed by atoms with van der Waals surface area (Å²) in [5.41, 5.74) is 8.84. The predicted octanol–water partition coefficient (Wildman–Crippen LogP) is 1.17. The Balaban J connectivity index is 2.27. The van der Waals surface area contributed by atoms with Gasteiger partial charge in [0.1, 0.15) is 0 Å². The number of hydrogen-bond donors (Lipinski definition) is 1. The SMILES string of the molecule is COC1CCc2ncc(N)cc2C1. The van der Waals surface area contributed by atoms with Gasteiger partial charge in [-0.05, 0) is 24.5 Å². The van der Waals surface area contributed by atoms with Crippen molar-refractivity contribution in [3.8, 4) is 0 Å². The van der Waals surface area contributed by atoms with Crippen LogP contribution in [-0.4, -0.2) is 18.2 Å². The second-order valence-electron chi connectivity index (χ2n) is 3.47. The molecule has 0 saturated carbocycles. The molecule has 2 rings (SSSR count). The Morgan fingerprint density at radius 2 is 2.46 bits per heavy atom. The lowest BCUT2D eigenvalue weighted by molar-refractivity contribution is 0.0905. The third-order valence-corrected chi connectivity index (χ3v) is 2.57. The maximum atomic E-state index is 5.67. The maximum Gasteiger partial charge on any atom is 0.0616 e. The number of nitrogen functional groups attached to an aromatic ring is 1. The number of fused-ring (bicyclic) bond motifs is 1. The summed E-state index contributed by atoms with van der Waals surface area (Å²) in [5.74, 6) is 0. The lowest BCUT2D eigenvalue weighted by Gasteiger charge is -2.22. The molecule has 0 radical (unpaired) electrons. The Morgan fingerprint density at radius 1 is 1.62 bits per heavy atom. The van der Waals surface area contributed by atoms with Crippen molar-refractivity contribution in [1.29, 1.82) is 0 Å². The van der Waals surface area contributed by atoms with E-state index in [1.807, 2.05) is 6.07 Å².